The molecule has 0 fully saturated rings. The summed E-state index contributed by atoms with van der Waals surface area (Å²) in [5, 5.41) is 15.4. The minimum atomic E-state index is -0.377. The van der Waals surface area contributed by atoms with Gasteiger partial charge in [-0.05, 0) is 42.2 Å². The highest BCUT2D eigenvalue weighted by molar-refractivity contribution is 6.05. The second kappa shape index (κ2) is 5.63. The number of nitro benzene ring substituents is 1. The van der Waals surface area contributed by atoms with Crippen LogP contribution in [0.5, 0.6) is 5.75 Å². The Morgan fingerprint density at radius 3 is 2.75 bits per heavy atom. The van der Waals surface area contributed by atoms with E-state index in [2.05, 4.69) is 22.7 Å². The third-order valence-corrected chi connectivity index (χ3v) is 4.85. The van der Waals surface area contributed by atoms with E-state index in [1.165, 1.54) is 11.1 Å². The highest BCUT2D eigenvalue weighted by Crippen LogP contribution is 2.39. The number of nitrogens with zero attached hydrogens (tertiary/aromatic N) is 2. The van der Waals surface area contributed by atoms with Gasteiger partial charge in [-0.15, -0.1) is 0 Å². The lowest BCUT2D eigenvalue weighted by Crippen LogP contribution is -2.26. The molecule has 1 aliphatic heterocycles. The van der Waals surface area contributed by atoms with Crippen molar-refractivity contribution in [2.24, 2.45) is 11.0 Å². The van der Waals surface area contributed by atoms with Crippen LogP contribution in [0.2, 0.25) is 0 Å². The molecule has 2 aromatic carbocycles. The summed E-state index contributed by atoms with van der Waals surface area (Å²) in [5.74, 6) is 1.15. The summed E-state index contributed by atoms with van der Waals surface area (Å²) in [6.45, 7) is 0. The Bertz CT molecular complexity index is 830. The van der Waals surface area contributed by atoms with Crippen molar-refractivity contribution in [1.82, 2.24) is 5.43 Å². The topological polar surface area (TPSA) is 76.8 Å². The lowest BCUT2D eigenvalue weighted by molar-refractivity contribution is -0.384. The molecule has 0 bridgehead atoms. The molecule has 0 amide bonds. The summed E-state index contributed by atoms with van der Waals surface area (Å²) < 4.78 is 5.30. The van der Waals surface area contributed by atoms with Crippen molar-refractivity contribution >= 4 is 11.4 Å². The summed E-state index contributed by atoms with van der Waals surface area (Å²) in [6.07, 6.45) is 1.97. The zero-order valence-corrected chi connectivity index (χ0v) is 13.2. The molecule has 1 aliphatic carbocycles. The Kier molecular flexibility index (Phi) is 3.45. The first-order valence-corrected chi connectivity index (χ1v) is 7.92. The average molecular weight is 323 g/mol. The molecular formula is C18H17N3O3. The van der Waals surface area contributed by atoms with E-state index in [9.17, 15) is 10.1 Å². The number of nitrogens with one attached hydrogen (secondary N) is 1. The maximum absolute atomic E-state index is 10.8. The summed E-state index contributed by atoms with van der Waals surface area (Å²) in [4.78, 5) is 10.4. The van der Waals surface area contributed by atoms with E-state index in [0.717, 1.165) is 29.9 Å². The second-order valence-corrected chi connectivity index (χ2v) is 6.12. The SMILES string of the molecule is COc1ccc2c(c1)CC[C@@H]1C2=NN[C@H]1c1ccc([N+](=O)[O-])cc1. The fourth-order valence-electron chi connectivity index (χ4n) is 3.61. The average Bonchev–Trinajstić information content (AvgIpc) is 3.05. The first kappa shape index (κ1) is 14.7. The van der Waals surface area contributed by atoms with Gasteiger partial charge in [-0.25, -0.2) is 0 Å². The molecule has 122 valence electrons. The predicted octanol–water partition coefficient (Wildman–Crippen LogP) is 3.21. The highest BCUT2D eigenvalue weighted by Gasteiger charge is 2.37. The van der Waals surface area contributed by atoms with Gasteiger partial charge in [-0.2, -0.15) is 5.10 Å². The first-order chi connectivity index (χ1) is 11.7. The Labute approximate surface area is 139 Å². The zero-order valence-electron chi connectivity index (χ0n) is 13.2. The maximum Gasteiger partial charge on any atom is 0.269 e. The summed E-state index contributed by atoms with van der Waals surface area (Å²) in [6, 6.07) is 12.9. The van der Waals surface area contributed by atoms with Crippen molar-refractivity contribution in [3.8, 4) is 5.75 Å². The number of aryl methyl sites for hydroxylation is 1. The van der Waals surface area contributed by atoms with Gasteiger partial charge in [-0.3, -0.25) is 10.1 Å². The molecule has 0 saturated carbocycles. The molecule has 2 atom stereocenters. The standard InChI is InChI=1S/C18H17N3O3/c1-24-14-7-9-15-12(10-14)4-8-16-17(19-20-18(15)16)11-2-5-13(6-3-11)21(22)23/h2-3,5-7,9-10,16-17,19H,4,8H2,1H3/t16-,17-/m0/s1. The molecule has 6 heteroatoms. The lowest BCUT2D eigenvalue weighted by atomic mass is 9.77. The number of fused-ring (bicyclic) bond motifs is 3. The van der Waals surface area contributed by atoms with Crippen molar-refractivity contribution in [1.29, 1.82) is 0 Å². The van der Waals surface area contributed by atoms with Crippen molar-refractivity contribution in [3.63, 3.8) is 0 Å². The van der Waals surface area contributed by atoms with E-state index >= 15 is 0 Å². The fourth-order valence-corrected chi connectivity index (χ4v) is 3.61. The van der Waals surface area contributed by atoms with Crippen molar-refractivity contribution < 1.29 is 9.66 Å². The van der Waals surface area contributed by atoms with E-state index in [-0.39, 0.29) is 22.6 Å². The van der Waals surface area contributed by atoms with Crippen molar-refractivity contribution in [2.75, 3.05) is 7.11 Å². The number of hydrogen-bond acceptors (Lipinski definition) is 5. The molecular weight excluding hydrogens is 306 g/mol. The molecule has 4 rings (SSSR count). The summed E-state index contributed by atoms with van der Waals surface area (Å²) in [5.41, 5.74) is 7.86. The number of methoxy groups -OCH3 is 1. The number of ether oxygens (including phenoxy) is 1. The van der Waals surface area contributed by atoms with E-state index in [4.69, 9.17) is 4.74 Å². The molecule has 0 spiro atoms. The molecule has 0 radical (unpaired) electrons. The maximum atomic E-state index is 10.8. The van der Waals surface area contributed by atoms with E-state index < -0.39 is 0 Å². The zero-order chi connectivity index (χ0) is 16.7. The first-order valence-electron chi connectivity index (χ1n) is 7.92. The van der Waals surface area contributed by atoms with Crippen LogP contribution in [0.25, 0.3) is 0 Å². The van der Waals surface area contributed by atoms with Crippen molar-refractivity contribution in [2.45, 2.75) is 18.9 Å². The van der Waals surface area contributed by atoms with Crippen molar-refractivity contribution in [3.05, 3.63) is 69.3 Å². The monoisotopic (exact) mass is 323 g/mol. The summed E-state index contributed by atoms with van der Waals surface area (Å²) in [7, 11) is 1.67. The molecule has 0 aromatic heterocycles. The van der Waals surface area contributed by atoms with Crippen LogP contribution in [0.1, 0.15) is 29.2 Å². The fraction of sp³-hybridized carbons (Fsp3) is 0.278. The quantitative estimate of drug-likeness (QED) is 0.695. The molecule has 2 aromatic rings. The van der Waals surface area contributed by atoms with Gasteiger partial charge in [0, 0.05) is 23.6 Å². The van der Waals surface area contributed by atoms with Gasteiger partial charge >= 0.3 is 0 Å². The molecule has 24 heavy (non-hydrogen) atoms. The molecule has 0 unspecified atom stereocenters. The lowest BCUT2D eigenvalue weighted by Gasteiger charge is -2.26. The van der Waals surface area contributed by atoms with E-state index in [1.807, 2.05) is 18.2 Å². The molecule has 1 heterocycles. The largest absolute Gasteiger partial charge is 0.497 e. The Morgan fingerprint density at radius 2 is 2.04 bits per heavy atom. The van der Waals surface area contributed by atoms with Gasteiger partial charge in [0.1, 0.15) is 5.75 Å². The van der Waals surface area contributed by atoms with Crippen LogP contribution in [0, 0.1) is 16.0 Å². The van der Waals surface area contributed by atoms with Gasteiger partial charge in [0.2, 0.25) is 0 Å². The van der Waals surface area contributed by atoms with Crippen LogP contribution in [-0.4, -0.2) is 17.7 Å². The normalized spacial score (nSPS) is 21.3. The third kappa shape index (κ3) is 2.31. The van der Waals surface area contributed by atoms with E-state index in [1.54, 1.807) is 19.2 Å². The Morgan fingerprint density at radius 1 is 1.25 bits per heavy atom. The van der Waals surface area contributed by atoms with Gasteiger partial charge < -0.3 is 10.2 Å². The minimum Gasteiger partial charge on any atom is -0.497 e. The Balaban J connectivity index is 1.62. The van der Waals surface area contributed by atoms with Crippen LogP contribution in [0.4, 0.5) is 5.69 Å². The molecule has 1 N–H and O–H groups in total. The van der Waals surface area contributed by atoms with Crippen LogP contribution in [0.15, 0.2) is 47.6 Å². The summed E-state index contributed by atoms with van der Waals surface area (Å²) >= 11 is 0. The molecule has 6 nitrogen and oxygen atoms in total. The molecule has 0 saturated heterocycles. The smallest absolute Gasteiger partial charge is 0.269 e. The number of non-ortho nitro benzene ring substituents is 1. The van der Waals surface area contributed by atoms with Gasteiger partial charge in [0.05, 0.1) is 23.8 Å². The van der Waals surface area contributed by atoms with E-state index in [0.29, 0.717) is 0 Å². The van der Waals surface area contributed by atoms with Gasteiger partial charge in [-0.1, -0.05) is 12.1 Å². The Hall–Kier alpha value is -2.89. The van der Waals surface area contributed by atoms with Gasteiger partial charge in [0.25, 0.3) is 5.69 Å². The number of rotatable bonds is 3. The van der Waals surface area contributed by atoms with Crippen LogP contribution < -0.4 is 10.2 Å². The second-order valence-electron chi connectivity index (χ2n) is 6.12. The van der Waals surface area contributed by atoms with Gasteiger partial charge in [0.15, 0.2) is 0 Å². The number of benzene rings is 2. The highest BCUT2D eigenvalue weighted by atomic mass is 16.6. The number of nitro groups is 1. The predicted molar refractivity (Wildman–Crippen MR) is 90.3 cm³/mol. The number of hydrazone groups is 1. The van der Waals surface area contributed by atoms with Crippen LogP contribution in [0.3, 0.4) is 0 Å². The molecule has 2 aliphatic rings. The van der Waals surface area contributed by atoms with Crippen LogP contribution in [-0.2, 0) is 6.42 Å². The van der Waals surface area contributed by atoms with Crippen LogP contribution >= 0.6 is 0 Å². The third-order valence-electron chi connectivity index (χ3n) is 4.85. The minimum absolute atomic E-state index is 0.0658. The number of hydrogen-bond donors (Lipinski definition) is 1.